The van der Waals surface area contributed by atoms with E-state index in [-0.39, 0.29) is 239 Å². The van der Waals surface area contributed by atoms with Gasteiger partial charge in [-0.1, -0.05) is 194 Å². The molecule has 6 aliphatic heterocycles. The van der Waals surface area contributed by atoms with Gasteiger partial charge < -0.3 is 67.2 Å². The monoisotopic (exact) mass is 2090 g/mol. The molecule has 6 saturated heterocycles. The Morgan fingerprint density at radius 2 is 1.01 bits per heavy atom. The number of hydrogen-bond donors (Lipinski definition) is 5. The summed E-state index contributed by atoms with van der Waals surface area (Å²) in [5.74, 6) is -2.25. The van der Waals surface area contributed by atoms with Gasteiger partial charge in [0, 0.05) is 133 Å². The van der Waals surface area contributed by atoms with Crippen LogP contribution in [-0.2, 0) is 118 Å². The molecule has 3 aromatic heterocycles. The number of aryl methyl sites for hydroxylation is 3. The number of piperazine rings is 3. The topological polar surface area (TPSA) is 463 Å². The van der Waals surface area contributed by atoms with Gasteiger partial charge in [-0.2, -0.15) is 5.10 Å². The summed E-state index contributed by atoms with van der Waals surface area (Å²) < 4.78 is 51.2. The quantitative estimate of drug-likeness (QED) is 0.0180. The third-order valence-electron chi connectivity index (χ3n) is 26.7. The Balaban J connectivity index is 0.000000174. The second-order valence-corrected chi connectivity index (χ2v) is 40.2. The smallest absolute Gasteiger partial charge is 0.780 e. The molecule has 8 aromatic carbocycles. The number of amides is 10. The first-order valence-electron chi connectivity index (χ1n) is 47.5. The molecular weight excluding hydrogens is 1980 g/mol. The van der Waals surface area contributed by atoms with Crippen molar-refractivity contribution in [1.29, 1.82) is 0 Å². The first kappa shape index (κ1) is 111. The van der Waals surface area contributed by atoms with Gasteiger partial charge in [-0.15, -0.1) is 13.2 Å². The molecule has 0 bridgehead atoms. The number of carbonyl (C=O) groups is 10. The minimum Gasteiger partial charge on any atom is -0.780 e. The van der Waals surface area contributed by atoms with Gasteiger partial charge in [-0.3, -0.25) is 72.4 Å². The molecule has 0 saturated carbocycles. The molecule has 1 unspecified atom stereocenters. The van der Waals surface area contributed by atoms with E-state index in [9.17, 15) is 91.0 Å². The van der Waals surface area contributed by atoms with E-state index >= 15 is 0 Å². The Morgan fingerprint density at radius 3 is 1.53 bits per heavy atom. The van der Waals surface area contributed by atoms with Crippen LogP contribution in [0.15, 0.2) is 268 Å². The van der Waals surface area contributed by atoms with Crippen LogP contribution in [0.1, 0.15) is 94.4 Å². The Bertz CT molecular complexity index is 6990. The minimum absolute atomic E-state index is 0. The molecule has 1 aliphatic carbocycles. The second kappa shape index (κ2) is 48.5. The Morgan fingerprint density at radius 1 is 0.520 bits per heavy atom. The van der Waals surface area contributed by atoms with Crippen LogP contribution in [0.4, 0.5) is 4.79 Å². The summed E-state index contributed by atoms with van der Waals surface area (Å²) in [5, 5.41) is 19.9. The maximum Gasteiger partial charge on any atom is 1.00 e. The molecule has 9 heterocycles. The van der Waals surface area contributed by atoms with Crippen molar-refractivity contribution in [2.24, 2.45) is 20.0 Å². The van der Waals surface area contributed by atoms with Crippen molar-refractivity contribution in [3.63, 3.8) is 0 Å². The molecule has 6 fully saturated rings. The van der Waals surface area contributed by atoms with E-state index in [1.807, 2.05) is 171 Å². The number of benzene rings is 8. The number of urea groups is 1. The fourth-order valence-corrected chi connectivity index (χ4v) is 21.4. The number of phosphoric ester groups is 3. The molecule has 11 aromatic rings. The van der Waals surface area contributed by atoms with Crippen LogP contribution in [-0.4, -0.2) is 253 Å². The molecule has 0 spiro atoms. The minimum atomic E-state index is -5.25. The third kappa shape index (κ3) is 26.3. The number of pyridine rings is 1. The van der Waals surface area contributed by atoms with Crippen molar-refractivity contribution < 1.29 is 164 Å². The number of nitrogens with one attached hydrogen (secondary N) is 1. The third-order valence-corrected chi connectivity index (χ3v) is 28.0. The number of hydrogen-bond acceptors (Lipinski definition) is 23. The van der Waals surface area contributed by atoms with Crippen LogP contribution in [0.25, 0.3) is 32.7 Å². The fraction of sp³-hybridized carbons (Fsp3) is 0.308. The van der Waals surface area contributed by atoms with Crippen LogP contribution < -0.4 is 87.8 Å². The maximum absolute atomic E-state index is 14.5. The van der Waals surface area contributed by atoms with E-state index in [1.165, 1.54) is 63.0 Å². The van der Waals surface area contributed by atoms with E-state index in [2.05, 4.69) is 49.8 Å². The van der Waals surface area contributed by atoms with Gasteiger partial charge in [-0.25, -0.2) is 44.0 Å². The molecule has 18 rings (SSSR count). The number of rotatable bonds is 31. The van der Waals surface area contributed by atoms with E-state index < -0.39 is 72.2 Å². The largest absolute Gasteiger partial charge is 1.00 e. The first-order valence-corrected chi connectivity index (χ1v) is 52.0. The van der Waals surface area contributed by atoms with E-state index in [1.54, 1.807) is 112 Å². The van der Waals surface area contributed by atoms with Gasteiger partial charge in [0.25, 0.3) is 0 Å². The molecule has 5 N–H and O–H groups in total. The molecule has 148 heavy (non-hydrogen) atoms. The van der Waals surface area contributed by atoms with Gasteiger partial charge >= 0.3 is 80.8 Å². The summed E-state index contributed by atoms with van der Waals surface area (Å²) in [6, 6.07) is 53.8. The maximum atomic E-state index is 14.5. The molecule has 10 amide bonds. The summed E-state index contributed by atoms with van der Waals surface area (Å²) >= 11 is 0. The molecule has 39 nitrogen and oxygen atoms in total. The normalized spacial score (nSPS) is 19.7. The SMILES string of the molecule is C=CCN1CC(=O)N2[C@@H](Cc3ccc(OP(=O)(O)O)cc3)C(=O)N(Cc3cccc4c(C(C)=O)cn(C)c34)C[C@@H]2N1C(=O)CCc1ccccc1.C=CCN1CC(=O)N2[C@@H](Cc3ccc(OP(=O)([O-])[O-])cc3)C(=O)N(Cc3cccc4cn(C)nc34)C[C@@H]2N1C(=O)CCC1C=CC=CC1.C[C@H]1[C@H]2N(C(=O)CN(C)N2C(=O)NCc2ccccc2)[C@@H](Cc2ccc(OP(=O)(O)O)cc2)C(=O)N1Cc1cccc2cccnc12.[Na+].[Na+]. The van der Waals surface area contributed by atoms with Crippen molar-refractivity contribution in [2.75, 3.05) is 52.9 Å². The van der Waals surface area contributed by atoms with Crippen LogP contribution in [0.3, 0.4) is 0 Å². The number of likely N-dealkylation sites (N-methyl/N-ethyl adjacent to an activating group) is 1. The first-order chi connectivity index (χ1) is 69.8. The molecule has 44 heteroatoms. The van der Waals surface area contributed by atoms with Gasteiger partial charge in [0.1, 0.15) is 61.7 Å². The predicted octanol–water partition coefficient (Wildman–Crippen LogP) is 3.17. The van der Waals surface area contributed by atoms with Crippen molar-refractivity contribution in [2.45, 2.75) is 134 Å². The summed E-state index contributed by atoms with van der Waals surface area (Å²) in [4.78, 5) is 213. The predicted molar refractivity (Wildman–Crippen MR) is 534 cm³/mol. The van der Waals surface area contributed by atoms with Gasteiger partial charge in [-0.05, 0) is 126 Å². The number of ketones is 1. The van der Waals surface area contributed by atoms with Crippen LogP contribution in [0, 0.1) is 5.92 Å². The second-order valence-electron chi connectivity index (χ2n) is 36.8. The van der Waals surface area contributed by atoms with Crippen LogP contribution in [0.2, 0.25) is 0 Å². The number of fused-ring (bicyclic) bond motifs is 6. The van der Waals surface area contributed by atoms with E-state index in [0.29, 0.717) is 35.1 Å². The van der Waals surface area contributed by atoms with Gasteiger partial charge in [0.2, 0.25) is 47.3 Å². The number of allylic oxidation sites excluding steroid dienone is 4. The number of phosphoric acid groups is 3. The molecule has 0 radical (unpaired) electrons. The Labute approximate surface area is 898 Å². The zero-order valence-corrected chi connectivity index (χ0v) is 89.5. The average molecular weight is 2090 g/mol. The average Bonchev–Trinajstić information content (AvgIpc) is 0.929. The fourth-order valence-electron chi connectivity index (χ4n) is 20.2. The van der Waals surface area contributed by atoms with Crippen molar-refractivity contribution >= 4 is 115 Å². The number of carbonyl (C=O) groups excluding carboxylic acids is 10. The Kier molecular flexibility index (Phi) is 36.4. The number of nitrogens with zero attached hydrogens (tertiary/aromatic N) is 16. The number of hydrazine groups is 3. The summed E-state index contributed by atoms with van der Waals surface area (Å²) in [5.41, 5.74) is 9.10. The molecular formula is C104H112N17Na2O22P3. The summed E-state index contributed by atoms with van der Waals surface area (Å²) in [6.45, 7) is 12.2. The standard InChI is InChI=1S/C37H40N5O8P.C34H39N6O7P.C33H35N6O7P.2Na/c1-4-19-40-24-35(45)41-32(20-27-13-16-29(17-14-27)50-51(47,48)49)37(46)39(21-28-11-8-12-30-31(25(2)43)22-38(3)36(28)30)23-33(41)42(40)34(44)18-15-26-9-6-5-7-10-26;1-3-18-38-23-32(42)39-29(19-25-12-15-28(16-13-25)47-48(44,45)46)34(43)37(21-27-11-7-10-26-20-36(2)35-33(26)27)22-30(39)40(38)31(41)17-14-24-8-5-4-6-9-24;1-22-31-38(29(40)21-36(2)39(31)33(42)35-19-24-8-4-3-5-9-24)28(18-23-13-15-27(16-14-23)46-47(43,44)45)32(41)37(22)20-26-11-6-10-25-12-7-17-34-30(25)26;;/h4-14,16-17,22,32-33H,1,15,18-21,23-24H2,2-3H3,(H2,47,48,49);3-8,10-13,15-16,20,24,29-30H,1,9,14,17-19,21-23H2,2H3,(H2,44,45,46);3-17,22,28,31H,18-21H2,1-2H3,(H,35,42)(H2,43,44,45);;/q;;;2*+1/p-2/t32-,33-;24?,29-,30-;22-,28-,31-;;/m000../s1. The van der Waals surface area contributed by atoms with E-state index in [0.717, 1.165) is 66.9 Å². The van der Waals surface area contributed by atoms with Crippen LogP contribution in [0.5, 0.6) is 17.2 Å². The Hall–Kier alpha value is -12.4. The zero-order chi connectivity index (χ0) is 104. The van der Waals surface area contributed by atoms with Gasteiger partial charge in [0.15, 0.2) is 5.78 Å². The van der Waals surface area contributed by atoms with Crippen molar-refractivity contribution in [3.8, 4) is 17.2 Å². The van der Waals surface area contributed by atoms with E-state index in [4.69, 9.17) is 4.52 Å². The number of para-hydroxylation sites is 2. The molecule has 7 aliphatic rings. The van der Waals surface area contributed by atoms with Crippen molar-refractivity contribution in [3.05, 3.63) is 318 Å². The van der Waals surface area contributed by atoms with Gasteiger partial charge in [0.05, 0.1) is 55.3 Å². The summed E-state index contributed by atoms with van der Waals surface area (Å²) in [7, 11) is -9.43. The molecule has 762 valence electrons. The van der Waals surface area contributed by atoms with Crippen LogP contribution >= 0.6 is 23.5 Å². The zero-order valence-electron chi connectivity index (χ0n) is 82.9. The number of Topliss-reactive ketones (excluding diaryl/α,β-unsaturated/α-hetero) is 1. The summed E-state index contributed by atoms with van der Waals surface area (Å²) in [6.07, 6.45) is 17.0. The molecule has 8 atom stereocenters. The number of aromatic nitrogens is 4. The van der Waals surface area contributed by atoms with Crippen molar-refractivity contribution in [1.82, 2.24) is 84.1 Å².